The quantitative estimate of drug-likeness (QED) is 0.880. The molecule has 2 aromatic carbocycles. The molecular weight excluding hydrogens is 288 g/mol. The standard InChI is InChI=1S/C15H18N2O3S/c1-11-4-7-13(8-5-11)17(2)21(18,19)15-10-12(16)6-9-14(15)20-3/h4-10H,16H2,1-3H3. The molecule has 2 aromatic rings. The van der Waals surface area contributed by atoms with Gasteiger partial charge < -0.3 is 10.5 Å². The van der Waals surface area contributed by atoms with E-state index in [0.717, 1.165) is 5.56 Å². The Morgan fingerprint density at radius 2 is 1.71 bits per heavy atom. The van der Waals surface area contributed by atoms with Crippen LogP contribution >= 0.6 is 0 Å². The molecule has 0 bridgehead atoms. The van der Waals surface area contributed by atoms with Crippen molar-refractivity contribution in [2.24, 2.45) is 0 Å². The van der Waals surface area contributed by atoms with Crippen molar-refractivity contribution in [2.75, 3.05) is 24.2 Å². The van der Waals surface area contributed by atoms with Crippen molar-refractivity contribution < 1.29 is 13.2 Å². The summed E-state index contributed by atoms with van der Waals surface area (Å²) in [6.45, 7) is 1.94. The number of benzene rings is 2. The monoisotopic (exact) mass is 306 g/mol. The minimum Gasteiger partial charge on any atom is -0.495 e. The summed E-state index contributed by atoms with van der Waals surface area (Å²) in [7, 11) is -0.812. The van der Waals surface area contributed by atoms with Crippen LogP contribution in [0.3, 0.4) is 0 Å². The summed E-state index contributed by atoms with van der Waals surface area (Å²) < 4.78 is 31.8. The smallest absolute Gasteiger partial charge is 0.267 e. The first-order valence-corrected chi connectivity index (χ1v) is 7.79. The van der Waals surface area contributed by atoms with Gasteiger partial charge in [-0.05, 0) is 37.3 Å². The highest BCUT2D eigenvalue weighted by Gasteiger charge is 2.25. The van der Waals surface area contributed by atoms with Gasteiger partial charge in [0.05, 0.1) is 12.8 Å². The second-order valence-electron chi connectivity index (χ2n) is 4.72. The molecule has 0 aromatic heterocycles. The average Bonchev–Trinajstić information content (AvgIpc) is 2.47. The molecule has 0 saturated carbocycles. The van der Waals surface area contributed by atoms with Gasteiger partial charge >= 0.3 is 0 Å². The molecule has 0 radical (unpaired) electrons. The molecule has 6 heteroatoms. The van der Waals surface area contributed by atoms with E-state index in [4.69, 9.17) is 10.5 Å². The van der Waals surface area contributed by atoms with Crippen LogP contribution in [-0.4, -0.2) is 22.6 Å². The van der Waals surface area contributed by atoms with Crippen LogP contribution in [0.5, 0.6) is 5.75 Å². The van der Waals surface area contributed by atoms with E-state index in [9.17, 15) is 8.42 Å². The zero-order valence-electron chi connectivity index (χ0n) is 12.2. The third kappa shape index (κ3) is 2.95. The molecule has 0 saturated heterocycles. The highest BCUT2D eigenvalue weighted by atomic mass is 32.2. The predicted molar refractivity (Wildman–Crippen MR) is 84.2 cm³/mol. The Hall–Kier alpha value is -2.21. The van der Waals surface area contributed by atoms with Crippen LogP contribution in [0.15, 0.2) is 47.4 Å². The van der Waals surface area contributed by atoms with Crippen LogP contribution in [-0.2, 0) is 10.0 Å². The first-order valence-electron chi connectivity index (χ1n) is 6.35. The number of rotatable bonds is 4. The predicted octanol–water partition coefficient (Wildman–Crippen LogP) is 2.41. The summed E-state index contributed by atoms with van der Waals surface area (Å²) in [6.07, 6.45) is 0. The third-order valence-corrected chi connectivity index (χ3v) is 5.03. The van der Waals surface area contributed by atoms with Crippen LogP contribution < -0.4 is 14.8 Å². The SMILES string of the molecule is COc1ccc(N)cc1S(=O)(=O)N(C)c1ccc(C)cc1. The van der Waals surface area contributed by atoms with E-state index >= 15 is 0 Å². The van der Waals surface area contributed by atoms with E-state index in [1.165, 1.54) is 24.5 Å². The first kappa shape index (κ1) is 15.2. The Morgan fingerprint density at radius 1 is 1.10 bits per heavy atom. The molecule has 0 aliphatic heterocycles. The van der Waals surface area contributed by atoms with Crippen molar-refractivity contribution in [2.45, 2.75) is 11.8 Å². The average molecular weight is 306 g/mol. The van der Waals surface area contributed by atoms with Crippen LogP contribution in [0.25, 0.3) is 0 Å². The molecule has 0 unspecified atom stereocenters. The zero-order valence-corrected chi connectivity index (χ0v) is 13.0. The molecule has 0 amide bonds. The Bertz CT molecular complexity index is 740. The van der Waals surface area contributed by atoms with Crippen LogP contribution in [0.1, 0.15) is 5.56 Å². The summed E-state index contributed by atoms with van der Waals surface area (Å²) in [6, 6.07) is 11.8. The molecule has 0 aliphatic rings. The van der Waals surface area contributed by atoms with Gasteiger partial charge in [0.2, 0.25) is 0 Å². The molecule has 5 nitrogen and oxygen atoms in total. The third-order valence-electron chi connectivity index (χ3n) is 3.22. The maximum atomic E-state index is 12.7. The lowest BCUT2D eigenvalue weighted by molar-refractivity contribution is 0.403. The molecule has 21 heavy (non-hydrogen) atoms. The zero-order chi connectivity index (χ0) is 15.6. The van der Waals surface area contributed by atoms with Gasteiger partial charge in [-0.1, -0.05) is 17.7 Å². The molecule has 0 aliphatic carbocycles. The lowest BCUT2D eigenvalue weighted by atomic mass is 10.2. The van der Waals surface area contributed by atoms with Crippen molar-refractivity contribution in [1.29, 1.82) is 0 Å². The lowest BCUT2D eigenvalue weighted by Gasteiger charge is -2.21. The number of ether oxygens (including phenoxy) is 1. The number of hydrogen-bond acceptors (Lipinski definition) is 4. The number of nitrogens with zero attached hydrogens (tertiary/aromatic N) is 1. The highest BCUT2D eigenvalue weighted by molar-refractivity contribution is 7.93. The number of nitrogens with two attached hydrogens (primary N) is 1. The van der Waals surface area contributed by atoms with E-state index in [0.29, 0.717) is 11.4 Å². The summed E-state index contributed by atoms with van der Waals surface area (Å²) in [5, 5.41) is 0. The second kappa shape index (κ2) is 5.65. The normalized spacial score (nSPS) is 11.2. The maximum absolute atomic E-state index is 12.7. The van der Waals surface area contributed by atoms with Gasteiger partial charge in [-0.3, -0.25) is 4.31 Å². The fraction of sp³-hybridized carbons (Fsp3) is 0.200. The second-order valence-corrected chi connectivity index (χ2v) is 6.66. The van der Waals surface area contributed by atoms with Gasteiger partial charge in [0.25, 0.3) is 10.0 Å². The van der Waals surface area contributed by atoms with E-state index in [1.807, 2.05) is 19.1 Å². The number of hydrogen-bond donors (Lipinski definition) is 1. The molecular formula is C15H18N2O3S. The molecule has 0 heterocycles. The number of aryl methyl sites for hydroxylation is 1. The summed E-state index contributed by atoms with van der Waals surface area (Å²) in [5.74, 6) is 0.267. The number of sulfonamides is 1. The Kier molecular flexibility index (Phi) is 4.09. The maximum Gasteiger partial charge on any atom is 0.267 e. The fourth-order valence-corrected chi connectivity index (χ4v) is 3.32. The van der Waals surface area contributed by atoms with Crippen LogP contribution in [0, 0.1) is 6.92 Å². The van der Waals surface area contributed by atoms with Gasteiger partial charge in [-0.15, -0.1) is 0 Å². The van der Waals surface area contributed by atoms with Gasteiger partial charge in [-0.2, -0.15) is 0 Å². The van der Waals surface area contributed by atoms with Crippen molar-refractivity contribution in [3.8, 4) is 5.75 Å². The largest absolute Gasteiger partial charge is 0.495 e. The fourth-order valence-electron chi connectivity index (χ4n) is 1.94. The minimum atomic E-state index is -3.74. The minimum absolute atomic E-state index is 0.0491. The van der Waals surface area contributed by atoms with Crippen molar-refractivity contribution in [1.82, 2.24) is 0 Å². The molecule has 0 atom stereocenters. The lowest BCUT2D eigenvalue weighted by Crippen LogP contribution is -2.27. The van der Waals surface area contributed by atoms with Crippen LogP contribution in [0.4, 0.5) is 11.4 Å². The van der Waals surface area contributed by atoms with Crippen molar-refractivity contribution >= 4 is 21.4 Å². The van der Waals surface area contributed by atoms with Crippen molar-refractivity contribution in [3.63, 3.8) is 0 Å². The van der Waals surface area contributed by atoms with Gasteiger partial charge in [0, 0.05) is 12.7 Å². The topological polar surface area (TPSA) is 72.6 Å². The number of anilines is 2. The highest BCUT2D eigenvalue weighted by Crippen LogP contribution is 2.30. The van der Waals surface area contributed by atoms with E-state index in [2.05, 4.69) is 0 Å². The summed E-state index contributed by atoms with van der Waals surface area (Å²) in [4.78, 5) is 0.0491. The number of methoxy groups -OCH3 is 1. The van der Waals surface area contributed by atoms with E-state index in [-0.39, 0.29) is 10.6 Å². The van der Waals surface area contributed by atoms with E-state index in [1.54, 1.807) is 24.3 Å². The van der Waals surface area contributed by atoms with Crippen molar-refractivity contribution in [3.05, 3.63) is 48.0 Å². The molecule has 2 N–H and O–H groups in total. The Balaban J connectivity index is 2.51. The molecule has 2 rings (SSSR count). The molecule has 0 fully saturated rings. The molecule has 0 spiro atoms. The Labute approximate surface area is 125 Å². The number of nitrogen functional groups attached to an aromatic ring is 1. The van der Waals surface area contributed by atoms with E-state index < -0.39 is 10.0 Å². The van der Waals surface area contributed by atoms with Gasteiger partial charge in [-0.25, -0.2) is 8.42 Å². The molecule has 112 valence electrons. The van der Waals surface area contributed by atoms with Gasteiger partial charge in [0.15, 0.2) is 0 Å². The van der Waals surface area contributed by atoms with Gasteiger partial charge in [0.1, 0.15) is 10.6 Å². The van der Waals surface area contributed by atoms with Crippen LogP contribution in [0.2, 0.25) is 0 Å². The summed E-state index contributed by atoms with van der Waals surface area (Å²) >= 11 is 0. The Morgan fingerprint density at radius 3 is 2.29 bits per heavy atom. The first-order chi connectivity index (χ1) is 9.86. The summed E-state index contributed by atoms with van der Waals surface area (Å²) in [5.41, 5.74) is 7.70.